The van der Waals surface area contributed by atoms with E-state index >= 15 is 0 Å². The first kappa shape index (κ1) is 33.9. The van der Waals surface area contributed by atoms with Crippen molar-refractivity contribution in [1.29, 1.82) is 0 Å². The molecule has 0 saturated carbocycles. The summed E-state index contributed by atoms with van der Waals surface area (Å²) in [4.78, 5) is 43.0. The number of hydrogen-bond acceptors (Lipinski definition) is 6. The molecule has 0 aromatic heterocycles. The highest BCUT2D eigenvalue weighted by Gasteiger charge is 2.31. The summed E-state index contributed by atoms with van der Waals surface area (Å²) in [6.07, 6.45) is 1.95. The van der Waals surface area contributed by atoms with E-state index in [-0.39, 0.29) is 55.2 Å². The molecule has 4 atom stereocenters. The van der Waals surface area contributed by atoms with E-state index in [9.17, 15) is 19.5 Å². The van der Waals surface area contributed by atoms with Crippen LogP contribution in [0.2, 0.25) is 0 Å². The number of urea groups is 1. The van der Waals surface area contributed by atoms with Crippen LogP contribution < -0.4 is 15.4 Å². The molecule has 0 fully saturated rings. The number of ether oxygens (including phenoxy) is 2. The second-order valence-electron chi connectivity index (χ2n) is 11.8. The predicted octanol–water partition coefficient (Wildman–Crippen LogP) is 4.78. The van der Waals surface area contributed by atoms with Crippen molar-refractivity contribution in [2.24, 2.45) is 5.92 Å². The van der Waals surface area contributed by atoms with Gasteiger partial charge in [-0.25, -0.2) is 4.79 Å². The molecule has 236 valence electrons. The number of aliphatic hydroxyl groups excluding tert-OH is 1. The van der Waals surface area contributed by atoms with Crippen molar-refractivity contribution in [2.45, 2.75) is 78.2 Å². The lowest BCUT2D eigenvalue weighted by molar-refractivity contribution is -0.0149. The molecule has 43 heavy (non-hydrogen) atoms. The minimum atomic E-state index is -0.502. The van der Waals surface area contributed by atoms with Crippen LogP contribution >= 0.6 is 0 Å². The number of anilines is 1. The Morgan fingerprint density at radius 2 is 1.81 bits per heavy atom. The number of likely N-dealkylation sites (N-methyl/N-ethyl adjacent to an activating group) is 1. The number of amides is 4. The number of aliphatic hydroxyl groups is 1. The Balaban J connectivity index is 1.93. The van der Waals surface area contributed by atoms with E-state index in [0.717, 1.165) is 19.3 Å². The van der Waals surface area contributed by atoms with Crippen LogP contribution in [0, 0.1) is 5.92 Å². The number of fused-ring (bicyclic) bond motifs is 1. The summed E-state index contributed by atoms with van der Waals surface area (Å²) in [6.45, 7) is 10.4. The number of carbonyl (C=O) groups is 3. The van der Waals surface area contributed by atoms with Crippen molar-refractivity contribution in [2.75, 3.05) is 38.7 Å². The van der Waals surface area contributed by atoms with Gasteiger partial charge >= 0.3 is 6.03 Å². The van der Waals surface area contributed by atoms with Gasteiger partial charge in [0, 0.05) is 50.0 Å². The lowest BCUT2D eigenvalue weighted by Crippen LogP contribution is -2.48. The zero-order valence-corrected chi connectivity index (χ0v) is 26.3. The second kappa shape index (κ2) is 16.3. The van der Waals surface area contributed by atoms with Crippen LogP contribution in [-0.2, 0) is 4.74 Å². The molecule has 0 radical (unpaired) electrons. The molecule has 1 aliphatic heterocycles. The number of rotatable bonds is 7. The third-order valence-corrected chi connectivity index (χ3v) is 7.55. The van der Waals surface area contributed by atoms with Crippen LogP contribution in [0.15, 0.2) is 48.5 Å². The van der Waals surface area contributed by atoms with Gasteiger partial charge in [0.15, 0.2) is 0 Å². The predicted molar refractivity (Wildman–Crippen MR) is 168 cm³/mol. The Bertz CT molecular complexity index is 1210. The van der Waals surface area contributed by atoms with Crippen LogP contribution in [0.25, 0.3) is 0 Å². The Morgan fingerprint density at radius 3 is 2.49 bits per heavy atom. The van der Waals surface area contributed by atoms with Gasteiger partial charge in [0.05, 0.1) is 30.4 Å². The van der Waals surface area contributed by atoms with Gasteiger partial charge in [-0.2, -0.15) is 0 Å². The van der Waals surface area contributed by atoms with Gasteiger partial charge < -0.3 is 35.0 Å². The lowest BCUT2D eigenvalue weighted by atomic mass is 10.0. The minimum absolute atomic E-state index is 0.0531. The highest BCUT2D eigenvalue weighted by molar-refractivity contribution is 5.99. The topological polar surface area (TPSA) is 120 Å². The first-order valence-corrected chi connectivity index (χ1v) is 15.2. The normalized spacial score (nSPS) is 20.8. The first-order valence-electron chi connectivity index (χ1n) is 15.2. The summed E-state index contributed by atoms with van der Waals surface area (Å²) in [6, 6.07) is 13.2. The van der Waals surface area contributed by atoms with Crippen LogP contribution in [0.3, 0.4) is 0 Å². The molecular formula is C33H48N4O6. The zero-order valence-electron chi connectivity index (χ0n) is 26.3. The van der Waals surface area contributed by atoms with E-state index in [1.165, 1.54) is 0 Å². The monoisotopic (exact) mass is 596 g/mol. The molecule has 0 bridgehead atoms. The van der Waals surface area contributed by atoms with E-state index in [1.807, 2.05) is 45.9 Å². The molecule has 2 aromatic carbocycles. The fourth-order valence-electron chi connectivity index (χ4n) is 5.05. The highest BCUT2D eigenvalue weighted by atomic mass is 16.5. The van der Waals surface area contributed by atoms with Crippen molar-refractivity contribution in [1.82, 2.24) is 15.1 Å². The molecule has 1 heterocycles. The van der Waals surface area contributed by atoms with E-state index in [4.69, 9.17) is 9.47 Å². The van der Waals surface area contributed by atoms with Crippen LogP contribution in [0.1, 0.15) is 74.6 Å². The summed E-state index contributed by atoms with van der Waals surface area (Å²) in [5, 5.41) is 15.7. The fourth-order valence-corrected chi connectivity index (χ4v) is 5.05. The molecule has 2 aromatic rings. The molecule has 0 spiro atoms. The van der Waals surface area contributed by atoms with Gasteiger partial charge in [-0.05, 0) is 77.3 Å². The van der Waals surface area contributed by atoms with Crippen LogP contribution in [-0.4, -0.2) is 90.4 Å². The zero-order chi connectivity index (χ0) is 31.5. The molecule has 0 saturated heterocycles. The highest BCUT2D eigenvalue weighted by Crippen LogP contribution is 2.28. The second-order valence-corrected chi connectivity index (χ2v) is 11.8. The van der Waals surface area contributed by atoms with E-state index < -0.39 is 6.04 Å². The number of benzene rings is 2. The van der Waals surface area contributed by atoms with Gasteiger partial charge in [0.2, 0.25) is 0 Å². The summed E-state index contributed by atoms with van der Waals surface area (Å²) in [7, 11) is 1.76. The summed E-state index contributed by atoms with van der Waals surface area (Å²) >= 11 is 0. The van der Waals surface area contributed by atoms with Gasteiger partial charge in [-0.15, -0.1) is 0 Å². The standard InChI is InChI=1S/C33H48N4O6/c1-22(2)34-33(41)35-27-15-16-29-28(18-27)32(40)37(24(4)21-38)19-23(3)30(42-17-11-10-12-25(5)43-29)20-36(6)31(39)26-13-8-7-9-14-26/h7-9,13-16,18,22-25,30,38H,10-12,17,19-21H2,1-6H3,(H2,34,35,41)/t23-,24-,25-,30+/m0/s1. The number of carbonyl (C=O) groups excluding carboxylic acids is 3. The van der Waals surface area contributed by atoms with Gasteiger partial charge in [-0.3, -0.25) is 9.59 Å². The molecule has 3 rings (SSSR count). The number of hydrogen-bond donors (Lipinski definition) is 3. The maximum atomic E-state index is 14.2. The molecule has 10 heteroatoms. The van der Waals surface area contributed by atoms with Gasteiger partial charge in [0.1, 0.15) is 5.75 Å². The Kier molecular flexibility index (Phi) is 12.8. The molecule has 4 amide bonds. The van der Waals surface area contributed by atoms with Crippen molar-refractivity contribution in [3.63, 3.8) is 0 Å². The smallest absolute Gasteiger partial charge is 0.319 e. The number of nitrogens with one attached hydrogen (secondary N) is 2. The van der Waals surface area contributed by atoms with Crippen molar-refractivity contribution in [3.8, 4) is 5.75 Å². The quantitative estimate of drug-likeness (QED) is 0.423. The van der Waals surface area contributed by atoms with Crippen molar-refractivity contribution < 1.29 is 29.0 Å². The van der Waals surface area contributed by atoms with Gasteiger partial charge in [-0.1, -0.05) is 25.1 Å². The average molecular weight is 597 g/mol. The summed E-state index contributed by atoms with van der Waals surface area (Å²) in [5.74, 6) is -0.177. The summed E-state index contributed by atoms with van der Waals surface area (Å²) < 4.78 is 12.6. The van der Waals surface area contributed by atoms with Crippen molar-refractivity contribution >= 4 is 23.5 Å². The fraction of sp³-hybridized carbons (Fsp3) is 0.545. The van der Waals surface area contributed by atoms with E-state index in [0.29, 0.717) is 35.7 Å². The number of nitrogens with zero attached hydrogens (tertiary/aromatic N) is 2. The average Bonchev–Trinajstić information content (AvgIpc) is 2.98. The lowest BCUT2D eigenvalue weighted by Gasteiger charge is -2.36. The molecule has 0 aliphatic carbocycles. The van der Waals surface area contributed by atoms with Crippen LogP contribution in [0.5, 0.6) is 5.75 Å². The Morgan fingerprint density at radius 1 is 1.09 bits per heavy atom. The maximum Gasteiger partial charge on any atom is 0.319 e. The SMILES string of the molecule is CC(C)NC(=O)Nc1ccc2c(c1)C(=O)N([C@@H](C)CO)C[C@H](C)[C@@H](CN(C)C(=O)c1ccccc1)OCCCC[C@H](C)O2. The molecule has 10 nitrogen and oxygen atoms in total. The Hall–Kier alpha value is -3.63. The Labute approximate surface area is 255 Å². The third kappa shape index (κ3) is 9.96. The molecular weight excluding hydrogens is 548 g/mol. The van der Waals surface area contributed by atoms with E-state index in [1.54, 1.807) is 54.1 Å². The molecule has 3 N–H and O–H groups in total. The first-order chi connectivity index (χ1) is 20.5. The van der Waals surface area contributed by atoms with Gasteiger partial charge in [0.25, 0.3) is 11.8 Å². The minimum Gasteiger partial charge on any atom is -0.490 e. The van der Waals surface area contributed by atoms with E-state index in [2.05, 4.69) is 10.6 Å². The van der Waals surface area contributed by atoms with Crippen LogP contribution in [0.4, 0.5) is 10.5 Å². The molecule has 1 aliphatic rings. The van der Waals surface area contributed by atoms with Crippen molar-refractivity contribution in [3.05, 3.63) is 59.7 Å². The largest absolute Gasteiger partial charge is 0.490 e. The summed E-state index contributed by atoms with van der Waals surface area (Å²) in [5.41, 5.74) is 1.35. The third-order valence-electron chi connectivity index (χ3n) is 7.55. The maximum absolute atomic E-state index is 14.2. The molecule has 0 unspecified atom stereocenters.